The first-order chi connectivity index (χ1) is 17.0. The van der Waals surface area contributed by atoms with Crippen molar-refractivity contribution in [2.24, 2.45) is 4.99 Å². The Hall–Kier alpha value is -3.14. The number of alkyl halides is 3. The van der Waals surface area contributed by atoms with Crippen LogP contribution >= 0.6 is 0 Å². The lowest BCUT2D eigenvalue weighted by Crippen LogP contribution is -2.29. The van der Waals surface area contributed by atoms with Gasteiger partial charge in [-0.1, -0.05) is 31.2 Å². The minimum absolute atomic E-state index is 0.0538. The molecule has 1 fully saturated rings. The average molecular weight is 519 g/mol. The van der Waals surface area contributed by atoms with Crippen LogP contribution in [0.25, 0.3) is 11.1 Å². The van der Waals surface area contributed by atoms with Gasteiger partial charge in [-0.3, -0.25) is 9.98 Å². The zero-order valence-corrected chi connectivity index (χ0v) is 20.5. The Morgan fingerprint density at radius 2 is 1.78 bits per heavy atom. The molecule has 0 amide bonds. The lowest BCUT2D eigenvalue weighted by Gasteiger charge is -2.15. The fourth-order valence-electron chi connectivity index (χ4n) is 4.50. The van der Waals surface area contributed by atoms with Crippen LogP contribution in [-0.4, -0.2) is 54.4 Å². The number of benzene rings is 1. The summed E-state index contributed by atoms with van der Waals surface area (Å²) >= 11 is 0. The molecule has 1 aromatic carbocycles. The van der Waals surface area contributed by atoms with Gasteiger partial charge in [0.25, 0.3) is 0 Å². The van der Waals surface area contributed by atoms with Crippen molar-refractivity contribution >= 4 is 21.8 Å². The predicted molar refractivity (Wildman–Crippen MR) is 129 cm³/mol. The van der Waals surface area contributed by atoms with E-state index in [-0.39, 0.29) is 34.3 Å². The Balaban J connectivity index is 1.62. The molecule has 2 aromatic rings. The molecule has 188 valence electrons. The van der Waals surface area contributed by atoms with Crippen molar-refractivity contribution in [3.8, 4) is 11.1 Å². The average Bonchev–Trinajstić information content (AvgIpc) is 3.66. The Labute approximate surface area is 206 Å². The normalized spacial score (nSPS) is 20.2. The minimum atomic E-state index is -4.63. The molecule has 5 nitrogen and oxygen atoms in total. The lowest BCUT2D eigenvalue weighted by atomic mass is 10.0. The van der Waals surface area contributed by atoms with Crippen LogP contribution in [0.15, 0.2) is 69.6 Å². The Bertz CT molecular complexity index is 1470. The Morgan fingerprint density at radius 1 is 1.08 bits per heavy atom. The molecule has 1 saturated carbocycles. The van der Waals surface area contributed by atoms with Crippen LogP contribution < -0.4 is 0 Å². The molecule has 0 radical (unpaired) electrons. The summed E-state index contributed by atoms with van der Waals surface area (Å²) in [5, 5.41) is 0. The molecule has 1 atom stereocenters. The van der Waals surface area contributed by atoms with E-state index in [0.717, 1.165) is 35.3 Å². The summed E-state index contributed by atoms with van der Waals surface area (Å²) in [5.74, 6) is -0.562. The van der Waals surface area contributed by atoms with Crippen LogP contribution in [0.3, 0.4) is 0 Å². The van der Waals surface area contributed by atoms with Gasteiger partial charge in [0, 0.05) is 11.8 Å². The first kappa shape index (κ1) is 24.5. The summed E-state index contributed by atoms with van der Waals surface area (Å²) in [6.45, 7) is 3.14. The molecule has 3 aliphatic rings. The SMILES string of the molecule is CC[N+]1=CC(C(F)(F)F)=CC2N=C(c3ncc(-c4ccc(C5CC5)cc4)cc3S(=O)(=O)CC)C(F)=C21. The van der Waals surface area contributed by atoms with E-state index in [4.69, 9.17) is 0 Å². The van der Waals surface area contributed by atoms with Gasteiger partial charge in [0.2, 0.25) is 11.5 Å². The Morgan fingerprint density at radius 3 is 2.36 bits per heavy atom. The molecule has 1 aliphatic carbocycles. The van der Waals surface area contributed by atoms with Crippen molar-refractivity contribution in [3.05, 3.63) is 71.0 Å². The van der Waals surface area contributed by atoms with Crippen molar-refractivity contribution in [1.82, 2.24) is 4.98 Å². The first-order valence-corrected chi connectivity index (χ1v) is 13.4. The molecule has 1 aromatic heterocycles. The summed E-state index contributed by atoms with van der Waals surface area (Å²) < 4.78 is 83.0. The van der Waals surface area contributed by atoms with Gasteiger partial charge in [-0.25, -0.2) is 8.42 Å². The number of likely N-dealkylation sites (N-methyl/N-ethyl adjacent to an activating group) is 1. The third-order valence-corrected chi connectivity index (χ3v) is 8.42. The smallest absolute Gasteiger partial charge is 0.261 e. The second-order valence-electron chi connectivity index (χ2n) is 9.03. The summed E-state index contributed by atoms with van der Waals surface area (Å²) in [6.07, 6.45) is 0.822. The van der Waals surface area contributed by atoms with Crippen molar-refractivity contribution < 1.29 is 30.6 Å². The highest BCUT2D eigenvalue weighted by Crippen LogP contribution is 2.41. The number of fused-ring (bicyclic) bond motifs is 1. The third kappa shape index (κ3) is 4.31. The van der Waals surface area contributed by atoms with Crippen molar-refractivity contribution in [3.63, 3.8) is 0 Å². The molecule has 5 rings (SSSR count). The number of hydrogen-bond donors (Lipinski definition) is 0. The molecule has 1 unspecified atom stereocenters. The van der Waals surface area contributed by atoms with E-state index in [1.807, 2.05) is 24.3 Å². The maximum Gasteiger partial charge on any atom is 0.421 e. The molecule has 0 saturated heterocycles. The van der Waals surface area contributed by atoms with Gasteiger partial charge in [-0.05, 0) is 49.0 Å². The number of allylic oxidation sites excluding steroid dienone is 2. The van der Waals surface area contributed by atoms with Gasteiger partial charge in [0.15, 0.2) is 22.1 Å². The number of aliphatic imine (C=N–C) groups is 1. The van der Waals surface area contributed by atoms with Gasteiger partial charge in [-0.15, -0.1) is 0 Å². The number of pyridine rings is 1. The molecular weight excluding hydrogens is 494 g/mol. The van der Waals surface area contributed by atoms with Crippen LogP contribution in [0.1, 0.15) is 43.9 Å². The standard InChI is InChI=1S/C26H24F4N3O2S/c1-3-33-14-19(26(28,29)30)12-20-25(33)22(27)24(32-20)23-21(36(34,35)4-2)11-18(13-31-23)17-9-7-16(8-10-17)15-5-6-15/h7-15,20H,3-6H2,1-2H3/q+1. The highest BCUT2D eigenvalue weighted by atomic mass is 32.2. The van der Waals surface area contributed by atoms with Gasteiger partial charge < -0.3 is 0 Å². The van der Waals surface area contributed by atoms with Crippen LogP contribution in [0, 0.1) is 0 Å². The van der Waals surface area contributed by atoms with E-state index in [1.54, 1.807) is 6.92 Å². The highest BCUT2D eigenvalue weighted by molar-refractivity contribution is 7.91. The number of halogens is 4. The van der Waals surface area contributed by atoms with Gasteiger partial charge in [0.05, 0.1) is 10.6 Å². The van der Waals surface area contributed by atoms with E-state index >= 15 is 4.39 Å². The van der Waals surface area contributed by atoms with Crippen LogP contribution in [0.4, 0.5) is 17.6 Å². The van der Waals surface area contributed by atoms with Gasteiger partial charge >= 0.3 is 6.18 Å². The monoisotopic (exact) mass is 518 g/mol. The summed E-state index contributed by atoms with van der Waals surface area (Å²) in [5.41, 5.74) is 0.982. The van der Waals surface area contributed by atoms with Crippen LogP contribution in [0.2, 0.25) is 0 Å². The quantitative estimate of drug-likeness (QED) is 0.381. The predicted octanol–water partition coefficient (Wildman–Crippen LogP) is 5.38. The summed E-state index contributed by atoms with van der Waals surface area (Å²) in [7, 11) is -3.87. The van der Waals surface area contributed by atoms with Crippen LogP contribution in [-0.2, 0) is 9.84 Å². The maximum absolute atomic E-state index is 15.6. The van der Waals surface area contributed by atoms with E-state index in [9.17, 15) is 21.6 Å². The van der Waals surface area contributed by atoms with Crippen LogP contribution in [0.5, 0.6) is 0 Å². The topological polar surface area (TPSA) is 62.4 Å². The first-order valence-electron chi connectivity index (χ1n) is 11.7. The minimum Gasteiger partial charge on any atom is -0.261 e. The van der Waals surface area contributed by atoms with Crippen molar-refractivity contribution in [2.75, 3.05) is 12.3 Å². The van der Waals surface area contributed by atoms with Crippen molar-refractivity contribution in [1.29, 1.82) is 0 Å². The lowest BCUT2D eigenvalue weighted by molar-refractivity contribution is -0.473. The zero-order valence-electron chi connectivity index (χ0n) is 19.7. The fourth-order valence-corrected chi connectivity index (χ4v) is 5.56. The van der Waals surface area contributed by atoms with E-state index in [1.165, 1.54) is 24.8 Å². The molecule has 10 heteroatoms. The zero-order chi connectivity index (χ0) is 25.8. The molecule has 0 spiro atoms. The van der Waals surface area contributed by atoms with E-state index in [2.05, 4.69) is 9.98 Å². The summed E-state index contributed by atoms with van der Waals surface area (Å²) in [6, 6.07) is 8.02. The molecular formula is C26H24F4N3O2S+. The van der Waals surface area contributed by atoms with Gasteiger partial charge in [-0.2, -0.15) is 22.1 Å². The highest BCUT2D eigenvalue weighted by Gasteiger charge is 2.45. The van der Waals surface area contributed by atoms with E-state index in [0.29, 0.717) is 11.5 Å². The second kappa shape index (κ2) is 8.76. The molecule has 3 heterocycles. The number of rotatable bonds is 6. The second-order valence-corrected chi connectivity index (χ2v) is 11.3. The summed E-state index contributed by atoms with van der Waals surface area (Å²) in [4.78, 5) is 8.27. The molecule has 36 heavy (non-hydrogen) atoms. The number of hydrogen-bond acceptors (Lipinski definition) is 4. The molecule has 0 bridgehead atoms. The Kier molecular flexibility index (Phi) is 5.97. The number of nitrogens with zero attached hydrogens (tertiary/aromatic N) is 3. The van der Waals surface area contributed by atoms with E-state index < -0.39 is 33.5 Å². The number of aromatic nitrogens is 1. The van der Waals surface area contributed by atoms with Crippen molar-refractivity contribution in [2.45, 2.75) is 49.7 Å². The largest absolute Gasteiger partial charge is 0.421 e. The molecule has 0 N–H and O–H groups in total. The molecule has 2 aliphatic heterocycles. The maximum atomic E-state index is 15.6. The van der Waals surface area contributed by atoms with Gasteiger partial charge in [0.1, 0.15) is 23.5 Å². The number of sulfone groups is 1. The third-order valence-electron chi connectivity index (χ3n) is 6.68. The fraction of sp³-hybridized carbons (Fsp3) is 0.346.